The second-order valence-electron chi connectivity index (χ2n) is 7.49. The van der Waals surface area contributed by atoms with Gasteiger partial charge >= 0.3 is 0 Å². The van der Waals surface area contributed by atoms with Crippen LogP contribution < -0.4 is 5.32 Å². The highest BCUT2D eigenvalue weighted by Crippen LogP contribution is 2.35. The molecule has 8 nitrogen and oxygen atoms in total. The largest absolute Gasteiger partial charge is 0.340 e. The van der Waals surface area contributed by atoms with Crippen LogP contribution in [0.25, 0.3) is 5.69 Å². The van der Waals surface area contributed by atoms with Crippen LogP contribution in [0, 0.1) is 13.8 Å². The maximum atomic E-state index is 13.2. The Labute approximate surface area is 173 Å². The standard InChI is InChI=1S/C20H23ClN6O2/c1-13-17(25-27(24-13)16-9-7-8-15(21)12-16)18(28)23-20(10-5-3-4-6-11-20)19-22-14(2)29-26-19/h7-9,12H,3-6,10-11H2,1-2H3,(H,23,28). The summed E-state index contributed by atoms with van der Waals surface area (Å²) >= 11 is 6.07. The summed E-state index contributed by atoms with van der Waals surface area (Å²) in [5.74, 6) is 0.728. The minimum Gasteiger partial charge on any atom is -0.340 e. The summed E-state index contributed by atoms with van der Waals surface area (Å²) in [6.07, 6.45) is 5.75. The van der Waals surface area contributed by atoms with Crippen molar-refractivity contribution in [1.82, 2.24) is 30.5 Å². The summed E-state index contributed by atoms with van der Waals surface area (Å²) in [6.45, 7) is 3.52. The van der Waals surface area contributed by atoms with Crippen molar-refractivity contribution in [2.45, 2.75) is 57.9 Å². The van der Waals surface area contributed by atoms with Crippen molar-refractivity contribution in [2.75, 3.05) is 0 Å². The van der Waals surface area contributed by atoms with E-state index in [2.05, 4.69) is 25.7 Å². The quantitative estimate of drug-likeness (QED) is 0.650. The first kappa shape index (κ1) is 19.6. The average Bonchev–Trinajstić information content (AvgIpc) is 3.22. The zero-order valence-electron chi connectivity index (χ0n) is 16.5. The van der Waals surface area contributed by atoms with Gasteiger partial charge in [-0.15, -0.1) is 5.10 Å². The van der Waals surface area contributed by atoms with Crippen molar-refractivity contribution in [2.24, 2.45) is 0 Å². The highest BCUT2D eigenvalue weighted by atomic mass is 35.5. The highest BCUT2D eigenvalue weighted by molar-refractivity contribution is 6.30. The zero-order valence-corrected chi connectivity index (χ0v) is 17.2. The zero-order chi connectivity index (χ0) is 20.4. The van der Waals surface area contributed by atoms with Crippen LogP contribution in [0.15, 0.2) is 28.8 Å². The van der Waals surface area contributed by atoms with Crippen molar-refractivity contribution in [3.63, 3.8) is 0 Å². The first-order valence-corrected chi connectivity index (χ1v) is 10.2. The third kappa shape index (κ3) is 4.03. The van der Waals surface area contributed by atoms with Crippen LogP contribution in [0.3, 0.4) is 0 Å². The van der Waals surface area contributed by atoms with Crippen molar-refractivity contribution >= 4 is 17.5 Å². The maximum Gasteiger partial charge on any atom is 0.274 e. The summed E-state index contributed by atoms with van der Waals surface area (Å²) in [5.41, 5.74) is 0.847. The Kier molecular flexibility index (Phi) is 5.36. The number of nitrogens with one attached hydrogen (secondary N) is 1. The van der Waals surface area contributed by atoms with Crippen LogP contribution >= 0.6 is 11.6 Å². The first-order valence-electron chi connectivity index (χ1n) is 9.80. The highest BCUT2D eigenvalue weighted by Gasteiger charge is 2.39. The molecule has 0 unspecified atom stereocenters. The molecule has 29 heavy (non-hydrogen) atoms. The van der Waals surface area contributed by atoms with E-state index >= 15 is 0 Å². The molecule has 1 aliphatic rings. The fourth-order valence-electron chi connectivity index (χ4n) is 3.81. The summed E-state index contributed by atoms with van der Waals surface area (Å²) in [4.78, 5) is 19.1. The average molecular weight is 415 g/mol. The van der Waals surface area contributed by atoms with E-state index in [1.165, 1.54) is 4.80 Å². The van der Waals surface area contributed by atoms with Crippen molar-refractivity contribution in [1.29, 1.82) is 0 Å². The lowest BCUT2D eigenvalue weighted by molar-refractivity contribution is 0.0870. The van der Waals surface area contributed by atoms with Crippen LogP contribution in [0.4, 0.5) is 0 Å². The van der Waals surface area contributed by atoms with Crippen LogP contribution in [-0.2, 0) is 5.54 Å². The van der Waals surface area contributed by atoms with Crippen molar-refractivity contribution < 1.29 is 9.32 Å². The van der Waals surface area contributed by atoms with Gasteiger partial charge in [0.1, 0.15) is 5.54 Å². The van der Waals surface area contributed by atoms with Gasteiger partial charge in [0.15, 0.2) is 11.5 Å². The SMILES string of the molecule is Cc1nc(C2(NC(=O)c3nn(-c4cccc(Cl)c4)nc3C)CCCCCC2)no1. The monoisotopic (exact) mass is 414 g/mol. The van der Waals surface area contributed by atoms with Crippen LogP contribution in [0.5, 0.6) is 0 Å². The summed E-state index contributed by atoms with van der Waals surface area (Å²) < 4.78 is 5.21. The van der Waals surface area contributed by atoms with Gasteiger partial charge in [-0.1, -0.05) is 48.5 Å². The van der Waals surface area contributed by atoms with Gasteiger partial charge in [-0.3, -0.25) is 4.79 Å². The molecule has 2 heterocycles. The molecule has 4 rings (SSSR count). The lowest BCUT2D eigenvalue weighted by atomic mass is 9.89. The van der Waals surface area contributed by atoms with Gasteiger partial charge in [-0.05, 0) is 38.0 Å². The third-order valence-electron chi connectivity index (χ3n) is 5.30. The number of amides is 1. The molecule has 0 bridgehead atoms. The second-order valence-corrected chi connectivity index (χ2v) is 7.93. The number of carbonyl (C=O) groups is 1. The molecule has 2 aromatic heterocycles. The molecule has 1 saturated carbocycles. The van der Waals surface area contributed by atoms with Gasteiger partial charge in [0.2, 0.25) is 5.89 Å². The minimum atomic E-state index is -0.655. The maximum absolute atomic E-state index is 13.2. The summed E-state index contributed by atoms with van der Waals surface area (Å²) in [5, 5.41) is 16.7. The Morgan fingerprint density at radius 2 is 1.93 bits per heavy atom. The number of hydrogen-bond acceptors (Lipinski definition) is 6. The topological polar surface area (TPSA) is 98.7 Å². The number of rotatable bonds is 4. The third-order valence-corrected chi connectivity index (χ3v) is 5.54. The molecular weight excluding hydrogens is 392 g/mol. The number of aryl methyl sites for hydroxylation is 2. The molecule has 0 atom stereocenters. The smallest absolute Gasteiger partial charge is 0.274 e. The van der Waals surface area contributed by atoms with Gasteiger partial charge in [0.05, 0.1) is 11.4 Å². The van der Waals surface area contributed by atoms with E-state index in [9.17, 15) is 4.79 Å². The van der Waals surface area contributed by atoms with Crippen molar-refractivity contribution in [3.05, 3.63) is 52.4 Å². The van der Waals surface area contributed by atoms with E-state index in [4.69, 9.17) is 16.1 Å². The molecule has 0 spiro atoms. The molecule has 152 valence electrons. The Bertz CT molecular complexity index is 1020. The van der Waals surface area contributed by atoms with Gasteiger partial charge in [0.25, 0.3) is 5.91 Å². The fraction of sp³-hybridized carbons (Fsp3) is 0.450. The Hall–Kier alpha value is -2.74. The number of halogens is 1. The van der Waals surface area contributed by atoms with Gasteiger partial charge < -0.3 is 9.84 Å². The van der Waals surface area contributed by atoms with Gasteiger partial charge in [0, 0.05) is 11.9 Å². The van der Waals surface area contributed by atoms with Crippen LogP contribution in [0.1, 0.15) is 66.4 Å². The van der Waals surface area contributed by atoms with Crippen LogP contribution in [0.2, 0.25) is 5.02 Å². The number of nitrogens with zero attached hydrogens (tertiary/aromatic N) is 5. The lowest BCUT2D eigenvalue weighted by Gasteiger charge is -2.30. The molecule has 0 radical (unpaired) electrons. The molecule has 1 fully saturated rings. The van der Waals surface area contributed by atoms with E-state index in [1.807, 2.05) is 12.1 Å². The molecule has 0 saturated heterocycles. The summed E-state index contributed by atoms with van der Waals surface area (Å²) in [6, 6.07) is 7.17. The van der Waals surface area contributed by atoms with Crippen molar-refractivity contribution in [3.8, 4) is 5.69 Å². The van der Waals surface area contributed by atoms with E-state index in [1.54, 1.807) is 26.0 Å². The predicted octanol–water partition coefficient (Wildman–Crippen LogP) is 3.90. The molecular formula is C20H23ClN6O2. The number of aromatic nitrogens is 5. The van der Waals surface area contributed by atoms with E-state index in [0.717, 1.165) is 38.5 Å². The lowest BCUT2D eigenvalue weighted by Crippen LogP contribution is -2.46. The molecule has 1 aliphatic carbocycles. The minimum absolute atomic E-state index is 0.272. The molecule has 1 N–H and O–H groups in total. The number of hydrogen-bond donors (Lipinski definition) is 1. The van der Waals surface area contributed by atoms with E-state index in [0.29, 0.717) is 28.1 Å². The number of carbonyl (C=O) groups excluding carboxylic acids is 1. The Balaban J connectivity index is 1.64. The first-order chi connectivity index (χ1) is 14.0. The van der Waals surface area contributed by atoms with Gasteiger partial charge in [-0.25, -0.2) is 0 Å². The Morgan fingerprint density at radius 1 is 1.17 bits per heavy atom. The molecule has 9 heteroatoms. The molecule has 3 aromatic rings. The van der Waals surface area contributed by atoms with E-state index < -0.39 is 5.54 Å². The fourth-order valence-corrected chi connectivity index (χ4v) is 4.00. The summed E-state index contributed by atoms with van der Waals surface area (Å²) in [7, 11) is 0. The van der Waals surface area contributed by atoms with Crippen LogP contribution in [-0.4, -0.2) is 31.0 Å². The molecule has 1 aromatic carbocycles. The van der Waals surface area contributed by atoms with Gasteiger partial charge in [-0.2, -0.15) is 14.9 Å². The number of benzene rings is 1. The predicted molar refractivity (Wildman–Crippen MR) is 107 cm³/mol. The van der Waals surface area contributed by atoms with E-state index in [-0.39, 0.29) is 11.6 Å². The second kappa shape index (κ2) is 7.94. The molecule has 0 aliphatic heterocycles. The normalized spacial score (nSPS) is 16.4. The Morgan fingerprint density at radius 3 is 2.59 bits per heavy atom. The molecule has 1 amide bonds.